The number of aromatic nitrogens is 8. The zero-order valence-electron chi connectivity index (χ0n) is 65.5. The number of rotatable bonds is 8. The number of likely N-dealkylation sites (tertiary alicyclic amines) is 3. The van der Waals surface area contributed by atoms with Crippen molar-refractivity contribution in [2.75, 3.05) is 60.4 Å². The summed E-state index contributed by atoms with van der Waals surface area (Å²) in [6, 6.07) is 60.6. The van der Waals surface area contributed by atoms with Gasteiger partial charge in [0.05, 0.1) is 71.9 Å². The fourth-order valence-corrected chi connectivity index (χ4v) is 15.9. The van der Waals surface area contributed by atoms with Crippen LogP contribution in [0.25, 0.3) is 109 Å². The first-order valence-electron chi connectivity index (χ1n) is 39.4. The lowest BCUT2D eigenvalue weighted by Gasteiger charge is -2.39. The zero-order chi connectivity index (χ0) is 81.1. The van der Waals surface area contributed by atoms with E-state index < -0.39 is 11.7 Å². The van der Waals surface area contributed by atoms with Crippen LogP contribution in [0.1, 0.15) is 101 Å². The summed E-state index contributed by atoms with van der Waals surface area (Å²) in [5.74, 6) is -0.783. The number of amides is 5. The molecule has 1 unspecified atom stereocenters. The normalized spacial score (nSPS) is 15.6. The first kappa shape index (κ1) is 76.0. The van der Waals surface area contributed by atoms with Gasteiger partial charge in [-0.05, 0) is 233 Å². The smallest absolute Gasteiger partial charge is 0.410 e. The van der Waals surface area contributed by atoms with E-state index in [4.69, 9.17) is 14.7 Å². The van der Waals surface area contributed by atoms with E-state index in [1.165, 1.54) is 17.6 Å². The Morgan fingerprint density at radius 2 is 0.692 bits per heavy atom. The summed E-state index contributed by atoms with van der Waals surface area (Å²) in [5, 5.41) is 19.2. The summed E-state index contributed by atoms with van der Waals surface area (Å²) in [5.41, 5.74) is 4.21. The van der Waals surface area contributed by atoms with Gasteiger partial charge in [0, 0.05) is 69.6 Å². The fraction of sp³-hybridized carbons (Fsp3) is 0.250. The number of carbonyl (C=O) groups is 5. The lowest BCUT2D eigenvalue weighted by atomic mass is 9.93. The quantitative estimate of drug-likeness (QED) is 0.119. The minimum atomic E-state index is -0.568. The van der Waals surface area contributed by atoms with Crippen molar-refractivity contribution < 1.29 is 28.7 Å². The molecule has 20 rings (SSSR count). The number of piperidine rings is 1. The molecule has 3 saturated heterocycles. The summed E-state index contributed by atoms with van der Waals surface area (Å²) in [4.78, 5) is 143. The second-order valence-corrected chi connectivity index (χ2v) is 31.8. The average Bonchev–Trinajstić information content (AvgIpc) is 1.05. The van der Waals surface area contributed by atoms with Gasteiger partial charge in [-0.2, -0.15) is 0 Å². The topological polar surface area (TPSA) is 281 Å². The number of ether oxygens (including phenoxy) is 1. The number of hydrogen-bond acceptors (Lipinski definition) is 16. The summed E-state index contributed by atoms with van der Waals surface area (Å²) >= 11 is 0. The molecule has 1 aliphatic carbocycles. The Morgan fingerprint density at radius 3 is 1.01 bits per heavy atom. The number of pyridine rings is 4. The van der Waals surface area contributed by atoms with Gasteiger partial charge in [-0.15, -0.1) is 0 Å². The van der Waals surface area contributed by atoms with Crippen LogP contribution in [-0.2, 0) is 4.74 Å². The summed E-state index contributed by atoms with van der Waals surface area (Å²) in [7, 11) is 5.99. The number of nitrogens with one attached hydrogen (secondary N) is 3. The van der Waals surface area contributed by atoms with Crippen molar-refractivity contribution in [2.24, 2.45) is 0 Å². The third kappa shape index (κ3) is 15.2. The molecule has 117 heavy (non-hydrogen) atoms. The van der Waals surface area contributed by atoms with Crippen molar-refractivity contribution in [1.82, 2.24) is 73.1 Å². The second kappa shape index (κ2) is 31.3. The van der Waals surface area contributed by atoms with E-state index in [0.29, 0.717) is 102 Å². The molecule has 25 heteroatoms. The number of likely N-dealkylation sites (N-methyl/N-ethyl adjacent to an activating group) is 2. The van der Waals surface area contributed by atoms with Crippen LogP contribution >= 0.6 is 0 Å². The highest BCUT2D eigenvalue weighted by Crippen LogP contribution is 2.29. The molecule has 588 valence electrons. The van der Waals surface area contributed by atoms with Crippen molar-refractivity contribution in [3.8, 4) is 0 Å². The molecule has 25 nitrogen and oxygen atoms in total. The van der Waals surface area contributed by atoms with Crippen molar-refractivity contribution in [1.29, 1.82) is 0 Å². The molecular weight excluding hydrogens is 1480 g/mol. The van der Waals surface area contributed by atoms with Crippen LogP contribution in [0.4, 0.5) is 4.79 Å². The second-order valence-electron chi connectivity index (χ2n) is 31.8. The predicted molar refractivity (Wildman–Crippen MR) is 456 cm³/mol. The number of benzene rings is 8. The third-order valence-corrected chi connectivity index (χ3v) is 22.6. The van der Waals surface area contributed by atoms with Crippen molar-refractivity contribution >= 4 is 139 Å². The average molecular weight is 1560 g/mol. The molecule has 3 aliphatic heterocycles. The van der Waals surface area contributed by atoms with E-state index in [0.717, 1.165) is 108 Å². The van der Waals surface area contributed by atoms with Gasteiger partial charge < -0.3 is 40.3 Å². The Kier molecular flexibility index (Phi) is 20.3. The van der Waals surface area contributed by atoms with Gasteiger partial charge in [-0.1, -0.05) is 97.1 Å². The van der Waals surface area contributed by atoms with Gasteiger partial charge in [0.2, 0.25) is 0 Å². The van der Waals surface area contributed by atoms with Crippen LogP contribution in [0.2, 0.25) is 0 Å². The minimum absolute atomic E-state index is 0.101. The third-order valence-electron chi connectivity index (χ3n) is 22.6. The molecule has 4 aliphatic rings. The van der Waals surface area contributed by atoms with Crippen LogP contribution in [0.15, 0.2) is 238 Å². The summed E-state index contributed by atoms with van der Waals surface area (Å²) < 4.78 is 11.2. The Bertz CT molecular complexity index is 7020. The first-order valence-corrected chi connectivity index (χ1v) is 39.4. The van der Waals surface area contributed by atoms with E-state index in [-0.39, 0.29) is 70.0 Å². The lowest BCUT2D eigenvalue weighted by Crippen LogP contribution is -2.61. The fourth-order valence-electron chi connectivity index (χ4n) is 15.9. The van der Waals surface area contributed by atoms with Crippen LogP contribution in [0.5, 0.6) is 0 Å². The van der Waals surface area contributed by atoms with E-state index in [9.17, 15) is 43.2 Å². The van der Waals surface area contributed by atoms with E-state index >= 15 is 0 Å². The Labute approximate surface area is 669 Å². The molecule has 11 heterocycles. The monoisotopic (exact) mass is 1560 g/mol. The van der Waals surface area contributed by atoms with Crippen LogP contribution < -0.4 is 38.2 Å². The number of hydrogen-bond donors (Lipinski definition) is 3. The van der Waals surface area contributed by atoms with Gasteiger partial charge in [0.25, 0.3) is 45.9 Å². The molecular formula is C92H85N15O10. The zero-order valence-corrected chi connectivity index (χ0v) is 65.5. The van der Waals surface area contributed by atoms with Gasteiger partial charge in [0.1, 0.15) is 5.60 Å². The highest BCUT2D eigenvalue weighted by Gasteiger charge is 2.36. The van der Waals surface area contributed by atoms with E-state index in [1.54, 1.807) is 83.1 Å². The Morgan fingerprint density at radius 1 is 0.385 bits per heavy atom. The molecule has 8 aromatic heterocycles. The molecule has 0 radical (unpaired) electrons. The van der Waals surface area contributed by atoms with E-state index in [2.05, 4.69) is 49.8 Å². The lowest BCUT2D eigenvalue weighted by molar-refractivity contribution is 0.00530. The summed E-state index contributed by atoms with van der Waals surface area (Å²) in [6.45, 7) is 9.94. The number of fused-ring (bicyclic) bond motifs is 12. The SMILES string of the molecule is CC(C)(C)OC(=O)N1CC(NC(=O)c2cccn3c(=O)c4cc5ccccc5cc4nc23)C1.CN1CCC(N(C)C(=O)c2cccn3c(=O)c4cc5ccccc5cc4nc23)C1.CN1CCC(NC(=O)c2cccn3c(=O)c4cc5ccccc5cc4nc23)CC1.O=C(NC1CCC1)c1cccn2c(=O)c3cc4ccccc4cc3nc12. The standard InChI is InChI=1S/C25H24N4O4.2C23H22N4O2.C21H17N3O2/c1-25(2,3)33-24(32)28-13-17(14-28)26-22(30)18-9-6-10-29-21(18)27-20-12-16-8-5-4-7-15(16)11-19(20)23(29)31;1-25-11-9-17(14-25)26(2)22(28)18-8-5-10-27-21(18)24-20-13-16-7-4-3-6-15(16)12-19(20)23(27)29;1-26-11-8-17(9-12-26)24-22(28)18-7-4-10-27-21(18)25-20-14-16-6-3-2-5-15(16)13-19(20)23(27)29;25-20(22-15-7-3-8-15)16-9-4-10-24-19(16)23-18-12-14-6-2-1-5-13(14)11-17(18)21(24)26/h4-12,17H,13-14H2,1-3H3,(H,26,30);3-8,10,12-13,17H,9,11,14H2,1-2H3;2-7,10,13-14,17H,8-9,11-12H2,1H3,(H,24,28);1-2,4-6,9-12,15H,3,7-8H2,(H,22,25). The molecule has 0 spiro atoms. The van der Waals surface area contributed by atoms with Crippen molar-refractivity contribution in [3.63, 3.8) is 0 Å². The van der Waals surface area contributed by atoms with Crippen LogP contribution in [0, 0.1) is 0 Å². The van der Waals surface area contributed by atoms with E-state index in [1.807, 2.05) is 173 Å². The minimum Gasteiger partial charge on any atom is -0.444 e. The molecule has 5 amide bonds. The van der Waals surface area contributed by atoms with Crippen LogP contribution in [-0.4, -0.2) is 177 Å². The van der Waals surface area contributed by atoms with Gasteiger partial charge in [-0.25, -0.2) is 24.7 Å². The molecule has 4 fully saturated rings. The van der Waals surface area contributed by atoms with Crippen molar-refractivity contribution in [2.45, 2.75) is 89.1 Å². The van der Waals surface area contributed by atoms with Crippen molar-refractivity contribution in [3.05, 3.63) is 283 Å². The number of carbonyl (C=O) groups excluding carboxylic acids is 5. The Balaban J connectivity index is 0.000000112. The predicted octanol–water partition coefficient (Wildman–Crippen LogP) is 12.2. The highest BCUT2D eigenvalue weighted by molar-refractivity contribution is 6.06. The molecule has 8 aromatic carbocycles. The molecule has 0 bridgehead atoms. The maximum Gasteiger partial charge on any atom is 0.410 e. The molecule has 1 saturated carbocycles. The molecule has 3 N–H and O–H groups in total. The highest BCUT2D eigenvalue weighted by atomic mass is 16.6. The largest absolute Gasteiger partial charge is 0.444 e. The van der Waals surface area contributed by atoms with Crippen LogP contribution in [0.3, 0.4) is 0 Å². The summed E-state index contributed by atoms with van der Waals surface area (Å²) in [6.07, 6.45) is 12.2. The van der Waals surface area contributed by atoms with Gasteiger partial charge in [0.15, 0.2) is 22.6 Å². The molecule has 16 aromatic rings. The van der Waals surface area contributed by atoms with Gasteiger partial charge >= 0.3 is 6.09 Å². The molecule has 1 atom stereocenters. The first-order chi connectivity index (χ1) is 56.5. The Hall–Kier alpha value is -13.7. The maximum atomic E-state index is 13.3. The maximum absolute atomic E-state index is 13.3. The number of nitrogens with zero attached hydrogens (tertiary/aromatic N) is 12. The van der Waals surface area contributed by atoms with Gasteiger partial charge in [-0.3, -0.25) is 56.0 Å².